The summed E-state index contributed by atoms with van der Waals surface area (Å²) in [6.07, 6.45) is 10.1. The zero-order valence-corrected chi connectivity index (χ0v) is 15.3. The van der Waals surface area contributed by atoms with Crippen LogP contribution in [0.25, 0.3) is 0 Å². The van der Waals surface area contributed by atoms with Crippen LogP contribution in [0.1, 0.15) is 65.6 Å². The van der Waals surface area contributed by atoms with Gasteiger partial charge >= 0.3 is 0 Å². The minimum absolute atomic E-state index is 0.401. The number of furan rings is 1. The van der Waals surface area contributed by atoms with Crippen LogP contribution in [0, 0.1) is 17.3 Å². The van der Waals surface area contributed by atoms with Crippen LogP contribution in [0.5, 0.6) is 0 Å². The maximum absolute atomic E-state index is 6.01. The highest BCUT2D eigenvalue weighted by Crippen LogP contribution is 2.43. The van der Waals surface area contributed by atoms with E-state index in [9.17, 15) is 0 Å². The van der Waals surface area contributed by atoms with Gasteiger partial charge in [0.1, 0.15) is 5.76 Å². The molecule has 0 bridgehead atoms. The molecule has 1 aromatic heterocycles. The third-order valence-electron chi connectivity index (χ3n) is 5.13. The zero-order valence-electron chi connectivity index (χ0n) is 15.3. The van der Waals surface area contributed by atoms with Crippen molar-refractivity contribution in [2.24, 2.45) is 22.2 Å². The van der Waals surface area contributed by atoms with Gasteiger partial charge in [-0.1, -0.05) is 34.1 Å². The van der Waals surface area contributed by atoms with Crippen molar-refractivity contribution in [3.63, 3.8) is 0 Å². The largest absolute Gasteiger partial charge is 0.463 e. The van der Waals surface area contributed by atoms with Crippen LogP contribution in [-0.4, -0.2) is 25.5 Å². The van der Waals surface area contributed by atoms with E-state index in [0.29, 0.717) is 17.4 Å². The highest BCUT2D eigenvalue weighted by atomic mass is 16.5. The highest BCUT2D eigenvalue weighted by Gasteiger charge is 2.37. The van der Waals surface area contributed by atoms with Crippen LogP contribution < -0.4 is 0 Å². The van der Waals surface area contributed by atoms with Crippen LogP contribution in [0.4, 0.5) is 0 Å². The van der Waals surface area contributed by atoms with Crippen LogP contribution in [0.15, 0.2) is 27.8 Å². The molecule has 0 aliphatic carbocycles. The van der Waals surface area contributed by atoms with Gasteiger partial charge in [0.15, 0.2) is 0 Å². The third-order valence-corrected chi connectivity index (χ3v) is 5.13. The van der Waals surface area contributed by atoms with Gasteiger partial charge in [0.2, 0.25) is 0 Å². The molecule has 2 unspecified atom stereocenters. The maximum Gasteiger partial charge on any atom is 0.144 e. The maximum atomic E-state index is 6.01. The fraction of sp³-hybridized carbons (Fsp3) is 0.750. The fourth-order valence-electron chi connectivity index (χ4n) is 3.44. The lowest BCUT2D eigenvalue weighted by atomic mass is 9.69. The molecule has 130 valence electrons. The first-order valence-electron chi connectivity index (χ1n) is 9.16. The molecule has 0 spiro atoms. The Kier molecular flexibility index (Phi) is 6.88. The van der Waals surface area contributed by atoms with Gasteiger partial charge in [-0.25, -0.2) is 0 Å². The molecule has 3 nitrogen and oxygen atoms in total. The molecule has 0 N–H and O–H groups in total. The van der Waals surface area contributed by atoms with Gasteiger partial charge in [-0.2, -0.15) is 0 Å². The Morgan fingerprint density at radius 1 is 1.30 bits per heavy atom. The predicted molar refractivity (Wildman–Crippen MR) is 96.1 cm³/mol. The lowest BCUT2D eigenvalue weighted by Gasteiger charge is -2.43. The molecule has 0 aromatic carbocycles. The third kappa shape index (κ3) is 5.80. The van der Waals surface area contributed by atoms with Gasteiger partial charge in [-0.3, -0.25) is 4.99 Å². The minimum Gasteiger partial charge on any atom is -0.463 e. The molecular formula is C20H33NO2. The van der Waals surface area contributed by atoms with Gasteiger partial charge in [0.05, 0.1) is 18.6 Å². The summed E-state index contributed by atoms with van der Waals surface area (Å²) >= 11 is 0. The molecule has 1 saturated heterocycles. The topological polar surface area (TPSA) is 34.7 Å². The van der Waals surface area contributed by atoms with Crippen molar-refractivity contribution in [2.75, 3.05) is 13.2 Å². The first kappa shape index (κ1) is 18.3. The summed E-state index contributed by atoms with van der Waals surface area (Å²) in [4.78, 5) is 4.59. The van der Waals surface area contributed by atoms with Crippen molar-refractivity contribution in [3.05, 3.63) is 24.2 Å². The summed E-state index contributed by atoms with van der Waals surface area (Å²) in [7, 11) is 0. The number of hydrogen-bond donors (Lipinski definition) is 0. The highest BCUT2D eigenvalue weighted by molar-refractivity contribution is 5.75. The Morgan fingerprint density at radius 3 is 2.78 bits per heavy atom. The summed E-state index contributed by atoms with van der Waals surface area (Å²) in [5, 5.41) is 0. The molecule has 1 aromatic rings. The second kappa shape index (κ2) is 8.68. The first-order chi connectivity index (χ1) is 11.0. The summed E-state index contributed by atoms with van der Waals surface area (Å²) in [5.74, 6) is 2.20. The van der Waals surface area contributed by atoms with Crippen molar-refractivity contribution in [1.82, 2.24) is 0 Å². The Labute approximate surface area is 141 Å². The van der Waals surface area contributed by atoms with E-state index in [1.165, 1.54) is 25.7 Å². The van der Waals surface area contributed by atoms with Gasteiger partial charge in [0, 0.05) is 13.2 Å². The van der Waals surface area contributed by atoms with Crippen LogP contribution >= 0.6 is 0 Å². The average Bonchev–Trinajstić information content (AvgIpc) is 3.03. The number of nitrogens with zero attached hydrogens (tertiary/aromatic N) is 1. The van der Waals surface area contributed by atoms with Crippen LogP contribution in [-0.2, 0) is 4.74 Å². The first-order valence-corrected chi connectivity index (χ1v) is 9.16. The van der Waals surface area contributed by atoms with E-state index < -0.39 is 0 Å². The second-order valence-electron chi connectivity index (χ2n) is 7.84. The number of ether oxygens (including phenoxy) is 1. The van der Waals surface area contributed by atoms with Crippen molar-refractivity contribution in [2.45, 2.75) is 65.9 Å². The number of rotatable bonds is 8. The molecule has 23 heavy (non-hydrogen) atoms. The fourth-order valence-corrected chi connectivity index (χ4v) is 3.44. The van der Waals surface area contributed by atoms with E-state index in [1.54, 1.807) is 6.26 Å². The average molecular weight is 319 g/mol. The normalized spacial score (nSPS) is 25.7. The Balaban J connectivity index is 1.95. The van der Waals surface area contributed by atoms with Gasteiger partial charge in [-0.15, -0.1) is 0 Å². The summed E-state index contributed by atoms with van der Waals surface area (Å²) < 4.78 is 11.3. The van der Waals surface area contributed by atoms with Crippen molar-refractivity contribution in [3.8, 4) is 0 Å². The quantitative estimate of drug-likeness (QED) is 0.606. The molecule has 0 amide bonds. The lowest BCUT2D eigenvalue weighted by Crippen LogP contribution is -2.38. The zero-order chi connectivity index (χ0) is 16.7. The number of aliphatic imine (C=N–C) groups is 1. The molecule has 3 heteroatoms. The molecule has 0 saturated carbocycles. The summed E-state index contributed by atoms with van der Waals surface area (Å²) in [6, 6.07) is 3.85. The lowest BCUT2D eigenvalue weighted by molar-refractivity contribution is -0.0755. The van der Waals surface area contributed by atoms with E-state index in [2.05, 4.69) is 32.7 Å². The SMILES string of the molecule is CC(C)CCC1(CCN=Cc2ccco2)CCOC(C(C)C)C1. The second-order valence-corrected chi connectivity index (χ2v) is 7.84. The van der Waals surface area contributed by atoms with E-state index in [0.717, 1.165) is 31.3 Å². The molecule has 2 atom stereocenters. The van der Waals surface area contributed by atoms with Crippen LogP contribution in [0.3, 0.4) is 0 Å². The van der Waals surface area contributed by atoms with E-state index in [1.807, 2.05) is 18.3 Å². The minimum atomic E-state index is 0.401. The molecule has 0 radical (unpaired) electrons. The van der Waals surface area contributed by atoms with Crippen molar-refractivity contribution >= 4 is 6.21 Å². The van der Waals surface area contributed by atoms with Gasteiger partial charge in [0.25, 0.3) is 0 Å². The van der Waals surface area contributed by atoms with Crippen molar-refractivity contribution in [1.29, 1.82) is 0 Å². The van der Waals surface area contributed by atoms with E-state index in [-0.39, 0.29) is 0 Å². The van der Waals surface area contributed by atoms with Gasteiger partial charge < -0.3 is 9.15 Å². The monoisotopic (exact) mass is 319 g/mol. The van der Waals surface area contributed by atoms with Crippen LogP contribution in [0.2, 0.25) is 0 Å². The molecule has 1 fully saturated rings. The van der Waals surface area contributed by atoms with Crippen molar-refractivity contribution < 1.29 is 9.15 Å². The number of hydrogen-bond acceptors (Lipinski definition) is 3. The molecule has 1 aliphatic rings. The van der Waals surface area contributed by atoms with Gasteiger partial charge in [-0.05, 0) is 55.1 Å². The predicted octanol–water partition coefficient (Wildman–Crippen LogP) is 5.35. The molecular weight excluding hydrogens is 286 g/mol. The molecule has 2 rings (SSSR count). The Hall–Kier alpha value is -1.09. The molecule has 1 aliphatic heterocycles. The standard InChI is InChI=1S/C20H33NO2/c1-16(2)7-8-20(10-13-23-19(14-20)17(3)4)9-11-21-15-18-6-5-12-22-18/h5-6,12,15-17,19H,7-11,13-14H2,1-4H3. The summed E-state index contributed by atoms with van der Waals surface area (Å²) in [5.41, 5.74) is 0.401. The molecule has 2 heterocycles. The summed E-state index contributed by atoms with van der Waals surface area (Å²) in [6.45, 7) is 11.0. The Morgan fingerprint density at radius 2 is 2.13 bits per heavy atom. The Bertz CT molecular complexity index is 464. The smallest absolute Gasteiger partial charge is 0.144 e. The van der Waals surface area contributed by atoms with E-state index >= 15 is 0 Å². The van der Waals surface area contributed by atoms with E-state index in [4.69, 9.17) is 9.15 Å².